The maximum atomic E-state index is 12.2. The molecular weight excluding hydrogens is 266 g/mol. The third-order valence-corrected chi connectivity index (χ3v) is 5.01. The molecule has 2 fully saturated rings. The molecule has 1 heterocycles. The highest BCUT2D eigenvalue weighted by Crippen LogP contribution is 2.36. The molecule has 0 spiro atoms. The molecule has 2 atom stereocenters. The summed E-state index contributed by atoms with van der Waals surface area (Å²) in [5, 5.41) is 2.57. The van der Waals surface area contributed by atoms with Crippen LogP contribution in [0, 0.1) is 11.8 Å². The summed E-state index contributed by atoms with van der Waals surface area (Å²) < 4.78 is 0. The summed E-state index contributed by atoms with van der Waals surface area (Å²) in [7, 11) is 0. The third-order valence-electron chi connectivity index (χ3n) is 5.01. The van der Waals surface area contributed by atoms with Crippen molar-refractivity contribution in [3.63, 3.8) is 0 Å². The van der Waals surface area contributed by atoms with Crippen molar-refractivity contribution in [2.75, 3.05) is 19.6 Å². The number of hydrogen-bond donors (Lipinski definition) is 2. The second-order valence-corrected chi connectivity index (χ2v) is 6.53. The first kappa shape index (κ1) is 16.1. The molecule has 1 saturated heterocycles. The van der Waals surface area contributed by atoms with Crippen molar-refractivity contribution in [1.82, 2.24) is 10.2 Å². The van der Waals surface area contributed by atoms with Crippen LogP contribution in [0.15, 0.2) is 0 Å². The summed E-state index contributed by atoms with van der Waals surface area (Å²) >= 11 is 0. The van der Waals surface area contributed by atoms with Gasteiger partial charge in [-0.15, -0.1) is 0 Å². The van der Waals surface area contributed by atoms with Crippen LogP contribution >= 0.6 is 0 Å². The van der Waals surface area contributed by atoms with Gasteiger partial charge in [0.05, 0.1) is 0 Å². The largest absolute Gasteiger partial charge is 0.352 e. The Morgan fingerprint density at radius 2 is 1.81 bits per heavy atom. The zero-order chi connectivity index (χ0) is 15.1. The average molecular weight is 295 g/mol. The van der Waals surface area contributed by atoms with E-state index >= 15 is 0 Å². The lowest BCUT2D eigenvalue weighted by Crippen LogP contribution is -2.44. The van der Waals surface area contributed by atoms with Crippen molar-refractivity contribution in [2.45, 2.75) is 57.8 Å². The number of unbranched alkanes of at least 4 members (excludes halogenated alkanes) is 2. The number of nitrogens with zero attached hydrogens (tertiary/aromatic N) is 1. The molecule has 1 aliphatic heterocycles. The Morgan fingerprint density at radius 1 is 1.05 bits per heavy atom. The van der Waals surface area contributed by atoms with Crippen molar-refractivity contribution in [1.29, 1.82) is 0 Å². The summed E-state index contributed by atoms with van der Waals surface area (Å²) in [5.74, 6) is 1.96. The molecule has 3 N–H and O–H groups in total. The van der Waals surface area contributed by atoms with E-state index in [0.29, 0.717) is 18.9 Å². The first-order chi connectivity index (χ1) is 10.2. The molecule has 3 amide bonds. The SMILES string of the molecule is NC(=O)NCCCCCC(=O)N1CC[C@H]2CCCC[C@H]2C1. The van der Waals surface area contributed by atoms with Crippen LogP contribution in [0.4, 0.5) is 4.79 Å². The predicted molar refractivity (Wildman–Crippen MR) is 82.7 cm³/mol. The molecule has 21 heavy (non-hydrogen) atoms. The highest BCUT2D eigenvalue weighted by molar-refractivity contribution is 5.76. The maximum Gasteiger partial charge on any atom is 0.312 e. The number of likely N-dealkylation sites (tertiary alicyclic amines) is 1. The maximum absolute atomic E-state index is 12.2. The zero-order valence-electron chi connectivity index (χ0n) is 13.0. The van der Waals surface area contributed by atoms with Gasteiger partial charge in [-0.1, -0.05) is 25.7 Å². The van der Waals surface area contributed by atoms with Gasteiger partial charge >= 0.3 is 6.03 Å². The highest BCUT2D eigenvalue weighted by Gasteiger charge is 2.32. The van der Waals surface area contributed by atoms with Crippen LogP contribution in [0.1, 0.15) is 57.8 Å². The fourth-order valence-corrected chi connectivity index (χ4v) is 3.78. The standard InChI is InChI=1S/C16H29N3O2/c17-16(21)18-10-5-1-2-8-15(20)19-11-9-13-6-3-4-7-14(13)12-19/h13-14H,1-12H2,(H3,17,18,21)/t13-,14+/m1/s1. The van der Waals surface area contributed by atoms with E-state index in [0.717, 1.165) is 44.2 Å². The molecule has 1 saturated carbocycles. The number of nitrogens with one attached hydrogen (secondary N) is 1. The average Bonchev–Trinajstić information content (AvgIpc) is 2.49. The Labute approximate surface area is 127 Å². The first-order valence-electron chi connectivity index (χ1n) is 8.48. The van der Waals surface area contributed by atoms with E-state index in [9.17, 15) is 9.59 Å². The molecule has 2 aliphatic rings. The van der Waals surface area contributed by atoms with Crippen LogP contribution in [-0.4, -0.2) is 36.5 Å². The van der Waals surface area contributed by atoms with E-state index < -0.39 is 6.03 Å². The number of piperidine rings is 1. The fourth-order valence-electron chi connectivity index (χ4n) is 3.78. The Morgan fingerprint density at radius 3 is 2.57 bits per heavy atom. The van der Waals surface area contributed by atoms with Gasteiger partial charge in [-0.25, -0.2) is 4.79 Å². The molecule has 2 rings (SSSR count). The normalized spacial score (nSPS) is 25.2. The summed E-state index contributed by atoms with van der Waals surface area (Å²) in [6.45, 7) is 2.56. The molecule has 1 aliphatic carbocycles. The van der Waals surface area contributed by atoms with E-state index in [2.05, 4.69) is 10.2 Å². The molecule has 0 radical (unpaired) electrons. The highest BCUT2D eigenvalue weighted by atomic mass is 16.2. The van der Waals surface area contributed by atoms with Gasteiger partial charge < -0.3 is 16.0 Å². The van der Waals surface area contributed by atoms with Crippen LogP contribution in [0.3, 0.4) is 0 Å². The van der Waals surface area contributed by atoms with Gasteiger partial charge in [0, 0.05) is 26.1 Å². The zero-order valence-corrected chi connectivity index (χ0v) is 13.0. The second-order valence-electron chi connectivity index (χ2n) is 6.53. The van der Waals surface area contributed by atoms with Gasteiger partial charge in [-0.3, -0.25) is 4.79 Å². The molecule has 0 aromatic carbocycles. The van der Waals surface area contributed by atoms with E-state index in [1.54, 1.807) is 0 Å². The molecular formula is C16H29N3O2. The number of fused-ring (bicyclic) bond motifs is 1. The summed E-state index contributed by atoms with van der Waals surface area (Å²) in [6.07, 6.45) is 10.0. The molecule has 0 aromatic heterocycles. The molecule has 0 aromatic rings. The lowest BCUT2D eigenvalue weighted by molar-refractivity contribution is -0.134. The van der Waals surface area contributed by atoms with Crippen molar-refractivity contribution in [3.8, 4) is 0 Å². The lowest BCUT2D eigenvalue weighted by Gasteiger charge is -2.41. The second kappa shape index (κ2) is 8.25. The van der Waals surface area contributed by atoms with E-state index in [1.807, 2.05) is 0 Å². The van der Waals surface area contributed by atoms with Crippen molar-refractivity contribution >= 4 is 11.9 Å². The fraction of sp³-hybridized carbons (Fsp3) is 0.875. The lowest BCUT2D eigenvalue weighted by atomic mass is 9.75. The number of nitrogens with two attached hydrogens (primary N) is 1. The first-order valence-corrected chi connectivity index (χ1v) is 8.48. The third kappa shape index (κ3) is 5.21. The van der Waals surface area contributed by atoms with Gasteiger partial charge in [0.25, 0.3) is 0 Å². The van der Waals surface area contributed by atoms with Gasteiger partial charge in [0.1, 0.15) is 0 Å². The predicted octanol–water partition coefficient (Wildman–Crippen LogP) is 2.25. The molecule has 5 heteroatoms. The van der Waals surface area contributed by atoms with Crippen LogP contribution in [0.25, 0.3) is 0 Å². The Kier molecular flexibility index (Phi) is 6.33. The quantitative estimate of drug-likeness (QED) is 0.737. The molecule has 120 valence electrons. The van der Waals surface area contributed by atoms with Crippen LogP contribution in [-0.2, 0) is 4.79 Å². The number of urea groups is 1. The minimum absolute atomic E-state index is 0.321. The monoisotopic (exact) mass is 295 g/mol. The van der Waals surface area contributed by atoms with E-state index in [4.69, 9.17) is 5.73 Å². The van der Waals surface area contributed by atoms with E-state index in [1.165, 1.54) is 32.1 Å². The number of carbonyl (C=O) groups excluding carboxylic acids is 2. The van der Waals surface area contributed by atoms with Gasteiger partial charge in [0.15, 0.2) is 0 Å². The summed E-state index contributed by atoms with van der Waals surface area (Å²) in [6, 6.07) is -0.471. The number of rotatable bonds is 6. The van der Waals surface area contributed by atoms with E-state index in [-0.39, 0.29) is 0 Å². The summed E-state index contributed by atoms with van der Waals surface area (Å²) in [5.41, 5.74) is 5.00. The number of hydrogen-bond acceptors (Lipinski definition) is 2. The Bertz CT molecular complexity index is 359. The Balaban J connectivity index is 1.59. The molecule has 0 bridgehead atoms. The van der Waals surface area contributed by atoms with Gasteiger partial charge in [-0.05, 0) is 37.5 Å². The number of carbonyl (C=O) groups is 2. The molecule has 0 unspecified atom stereocenters. The van der Waals surface area contributed by atoms with Crippen LogP contribution < -0.4 is 11.1 Å². The Hall–Kier alpha value is -1.26. The van der Waals surface area contributed by atoms with Crippen molar-refractivity contribution in [3.05, 3.63) is 0 Å². The summed E-state index contributed by atoms with van der Waals surface area (Å²) in [4.78, 5) is 24.9. The minimum atomic E-state index is -0.471. The topological polar surface area (TPSA) is 75.4 Å². The number of amides is 3. The van der Waals surface area contributed by atoms with Crippen LogP contribution in [0.2, 0.25) is 0 Å². The van der Waals surface area contributed by atoms with Gasteiger partial charge in [-0.2, -0.15) is 0 Å². The number of primary amides is 1. The van der Waals surface area contributed by atoms with Crippen LogP contribution in [0.5, 0.6) is 0 Å². The van der Waals surface area contributed by atoms with Crippen molar-refractivity contribution in [2.24, 2.45) is 17.6 Å². The smallest absolute Gasteiger partial charge is 0.312 e. The van der Waals surface area contributed by atoms with Gasteiger partial charge in [0.2, 0.25) is 5.91 Å². The minimum Gasteiger partial charge on any atom is -0.352 e. The molecule has 5 nitrogen and oxygen atoms in total. The van der Waals surface area contributed by atoms with Crippen molar-refractivity contribution < 1.29 is 9.59 Å².